The Morgan fingerprint density at radius 3 is 1.30 bits per heavy atom. The van der Waals surface area contributed by atoms with E-state index < -0.39 is 11.9 Å². The zero-order chi connectivity index (χ0) is 34.4. The first-order valence-electron chi connectivity index (χ1n) is 16.2. The normalized spacial score (nSPS) is 25.4. The standard InChI is InChI=1S/2C17H27NO5/c2*1-7-21-16(19)14-10(2)15(23-18-14)12-8-11(20-6)9-13(22-12)17(3,4)5/h2*11-13H,7-9H2,1-6H3/t2*11-,12+,13-/m10/s1. The molecule has 2 aliphatic heterocycles. The predicted octanol–water partition coefficient (Wildman–Crippen LogP) is 6.88. The number of carbonyl (C=O) groups excluding carboxylic acids is 2. The molecule has 0 N–H and O–H groups in total. The Hall–Kier alpha value is -2.80. The molecule has 2 aromatic heterocycles. The largest absolute Gasteiger partial charge is 0.461 e. The van der Waals surface area contributed by atoms with E-state index in [1.54, 1.807) is 28.1 Å². The van der Waals surface area contributed by atoms with Gasteiger partial charge >= 0.3 is 11.9 Å². The number of rotatable bonds is 8. The van der Waals surface area contributed by atoms with Crippen molar-refractivity contribution in [2.75, 3.05) is 27.4 Å². The van der Waals surface area contributed by atoms with E-state index in [4.69, 9.17) is 37.5 Å². The van der Waals surface area contributed by atoms with Gasteiger partial charge in [-0.2, -0.15) is 0 Å². The third-order valence-electron chi connectivity index (χ3n) is 8.61. The Labute approximate surface area is 273 Å². The summed E-state index contributed by atoms with van der Waals surface area (Å²) >= 11 is 0. The number of esters is 2. The van der Waals surface area contributed by atoms with Crippen LogP contribution in [0.25, 0.3) is 0 Å². The lowest BCUT2D eigenvalue weighted by molar-refractivity contribution is -0.150. The van der Waals surface area contributed by atoms with Gasteiger partial charge in [-0.1, -0.05) is 51.9 Å². The van der Waals surface area contributed by atoms with Gasteiger partial charge in [-0.25, -0.2) is 9.59 Å². The molecule has 2 aromatic rings. The van der Waals surface area contributed by atoms with Crippen molar-refractivity contribution >= 4 is 11.9 Å². The van der Waals surface area contributed by atoms with Gasteiger partial charge in [0.1, 0.15) is 12.2 Å². The van der Waals surface area contributed by atoms with Crippen LogP contribution in [-0.4, -0.2) is 74.1 Å². The smallest absolute Gasteiger partial charge is 0.360 e. The first-order chi connectivity index (χ1) is 21.5. The van der Waals surface area contributed by atoms with Crippen LogP contribution in [0, 0.1) is 24.7 Å². The van der Waals surface area contributed by atoms with Crippen molar-refractivity contribution in [1.29, 1.82) is 0 Å². The molecule has 12 heteroatoms. The molecule has 0 saturated carbocycles. The van der Waals surface area contributed by atoms with Crippen LogP contribution < -0.4 is 0 Å². The fourth-order valence-corrected chi connectivity index (χ4v) is 5.68. The van der Waals surface area contributed by atoms with E-state index in [0.29, 0.717) is 48.7 Å². The highest BCUT2D eigenvalue weighted by atomic mass is 16.6. The Kier molecular flexibility index (Phi) is 13.0. The molecule has 260 valence electrons. The number of nitrogens with zero attached hydrogens (tertiary/aromatic N) is 2. The summed E-state index contributed by atoms with van der Waals surface area (Å²) in [6, 6.07) is 0. The lowest BCUT2D eigenvalue weighted by atomic mass is 9.82. The molecule has 0 aromatic carbocycles. The molecule has 4 heterocycles. The van der Waals surface area contributed by atoms with E-state index in [1.165, 1.54) is 0 Å². The van der Waals surface area contributed by atoms with E-state index in [1.807, 2.05) is 13.8 Å². The molecule has 2 aliphatic rings. The van der Waals surface area contributed by atoms with Crippen LogP contribution in [-0.2, 0) is 28.4 Å². The van der Waals surface area contributed by atoms with Gasteiger partial charge < -0.3 is 37.5 Å². The minimum atomic E-state index is -0.466. The summed E-state index contributed by atoms with van der Waals surface area (Å²) in [4.78, 5) is 23.8. The molecule has 2 saturated heterocycles. The molecule has 12 nitrogen and oxygen atoms in total. The molecule has 2 fully saturated rings. The summed E-state index contributed by atoms with van der Waals surface area (Å²) < 4.78 is 44.5. The van der Waals surface area contributed by atoms with Crippen LogP contribution in [0.5, 0.6) is 0 Å². The number of methoxy groups -OCH3 is 2. The van der Waals surface area contributed by atoms with Gasteiger partial charge in [0.15, 0.2) is 22.9 Å². The van der Waals surface area contributed by atoms with E-state index in [-0.39, 0.29) is 58.8 Å². The van der Waals surface area contributed by atoms with E-state index in [0.717, 1.165) is 12.8 Å². The topological polar surface area (TPSA) is 142 Å². The highest BCUT2D eigenvalue weighted by molar-refractivity contribution is 5.89. The van der Waals surface area contributed by atoms with Crippen molar-refractivity contribution in [3.8, 4) is 0 Å². The molecular weight excluding hydrogens is 596 g/mol. The molecule has 0 amide bonds. The first kappa shape index (κ1) is 37.7. The zero-order valence-electron chi connectivity index (χ0n) is 29.7. The number of carbonyl (C=O) groups is 2. The number of hydrogen-bond acceptors (Lipinski definition) is 12. The highest BCUT2D eigenvalue weighted by Crippen LogP contribution is 2.42. The maximum atomic E-state index is 11.9. The summed E-state index contributed by atoms with van der Waals surface area (Å²) in [5.41, 5.74) is 1.78. The number of aromatic nitrogens is 2. The molecule has 0 aliphatic carbocycles. The van der Waals surface area contributed by atoms with Crippen LogP contribution in [0.3, 0.4) is 0 Å². The van der Waals surface area contributed by atoms with Gasteiger partial charge in [0.05, 0.1) is 37.6 Å². The molecule has 6 atom stereocenters. The summed E-state index contributed by atoms with van der Waals surface area (Å²) in [5.74, 6) is 0.242. The monoisotopic (exact) mass is 650 g/mol. The molecule has 0 bridgehead atoms. The Morgan fingerprint density at radius 2 is 1.02 bits per heavy atom. The first-order valence-corrected chi connectivity index (χ1v) is 16.2. The van der Waals surface area contributed by atoms with Crippen LogP contribution in [0.4, 0.5) is 0 Å². The maximum Gasteiger partial charge on any atom is 0.360 e. The third-order valence-corrected chi connectivity index (χ3v) is 8.61. The fraction of sp³-hybridized carbons (Fsp3) is 0.765. The zero-order valence-corrected chi connectivity index (χ0v) is 29.7. The van der Waals surface area contributed by atoms with Gasteiger partial charge in [-0.15, -0.1) is 0 Å². The number of hydrogen-bond donors (Lipinski definition) is 0. The van der Waals surface area contributed by atoms with Gasteiger partial charge in [-0.3, -0.25) is 0 Å². The van der Waals surface area contributed by atoms with Gasteiger partial charge in [0.25, 0.3) is 0 Å². The van der Waals surface area contributed by atoms with Crippen molar-refractivity contribution < 1.29 is 47.1 Å². The van der Waals surface area contributed by atoms with Crippen molar-refractivity contribution in [2.45, 2.75) is 132 Å². The Morgan fingerprint density at radius 1 is 0.674 bits per heavy atom. The molecule has 46 heavy (non-hydrogen) atoms. The van der Waals surface area contributed by atoms with Crippen LogP contribution in [0.2, 0.25) is 0 Å². The summed E-state index contributed by atoms with van der Waals surface area (Å²) in [7, 11) is 3.42. The van der Waals surface area contributed by atoms with Crippen molar-refractivity contribution in [1.82, 2.24) is 10.3 Å². The van der Waals surface area contributed by atoms with Crippen LogP contribution >= 0.6 is 0 Å². The number of ether oxygens (including phenoxy) is 6. The van der Waals surface area contributed by atoms with Crippen LogP contribution in [0.15, 0.2) is 9.05 Å². The van der Waals surface area contributed by atoms with E-state index in [9.17, 15) is 9.59 Å². The van der Waals surface area contributed by atoms with Crippen molar-refractivity contribution in [3.05, 3.63) is 34.0 Å². The Bertz CT molecular complexity index is 1190. The minimum Gasteiger partial charge on any atom is -0.461 e. The van der Waals surface area contributed by atoms with Gasteiger partial charge in [0.2, 0.25) is 0 Å². The summed E-state index contributed by atoms with van der Waals surface area (Å²) in [5, 5.41) is 7.75. The second-order valence-corrected chi connectivity index (χ2v) is 14.1. The Balaban J connectivity index is 0.000000250. The van der Waals surface area contributed by atoms with Gasteiger partial charge in [0, 0.05) is 51.0 Å². The minimum absolute atomic E-state index is 0.00660. The summed E-state index contributed by atoms with van der Waals surface area (Å²) in [6.07, 6.45) is 2.78. The fourth-order valence-electron chi connectivity index (χ4n) is 5.68. The molecule has 0 spiro atoms. The summed E-state index contributed by atoms with van der Waals surface area (Å²) in [6.45, 7) is 20.6. The molecule has 0 unspecified atom stereocenters. The molecule has 0 radical (unpaired) electrons. The average molecular weight is 651 g/mol. The lowest BCUT2D eigenvalue weighted by Gasteiger charge is -2.40. The van der Waals surface area contributed by atoms with E-state index in [2.05, 4.69) is 51.9 Å². The predicted molar refractivity (Wildman–Crippen MR) is 169 cm³/mol. The average Bonchev–Trinajstić information content (AvgIpc) is 3.58. The maximum absolute atomic E-state index is 11.9. The lowest BCUT2D eigenvalue weighted by Crippen LogP contribution is -2.40. The second kappa shape index (κ2) is 15.9. The van der Waals surface area contributed by atoms with Crippen molar-refractivity contribution in [2.24, 2.45) is 10.8 Å². The molecule has 4 rings (SSSR count). The SMILES string of the molecule is CCOC(=O)c1noc([C@@H]2C[C@@H](OC)C[C@H](C(C)(C)C)O2)c1C.CCOC(=O)c1noc([C@H]2C[C@H](OC)C[C@@H](C(C)(C)C)O2)c1C. The highest BCUT2D eigenvalue weighted by Gasteiger charge is 2.41. The second-order valence-electron chi connectivity index (χ2n) is 14.1. The van der Waals surface area contributed by atoms with E-state index >= 15 is 0 Å². The molecular formula is C34H54N2O10. The van der Waals surface area contributed by atoms with Gasteiger partial charge in [-0.05, 0) is 38.5 Å². The quantitative estimate of drug-likeness (QED) is 0.275. The van der Waals surface area contributed by atoms with Crippen molar-refractivity contribution in [3.63, 3.8) is 0 Å². The van der Waals surface area contributed by atoms with Crippen LogP contribution in [0.1, 0.15) is 137 Å². The third kappa shape index (κ3) is 9.17.